The van der Waals surface area contributed by atoms with E-state index in [1.54, 1.807) is 6.08 Å². The van der Waals surface area contributed by atoms with Gasteiger partial charge in [0.05, 0.1) is 19.3 Å². The number of esters is 2. The summed E-state index contributed by atoms with van der Waals surface area (Å²) < 4.78 is 32.5. The summed E-state index contributed by atoms with van der Waals surface area (Å²) in [5, 5.41) is 18.9. The first kappa shape index (κ1) is 53.9. The maximum atomic E-state index is 12.6. The van der Waals surface area contributed by atoms with Gasteiger partial charge in [-0.2, -0.15) is 0 Å². The highest BCUT2D eigenvalue weighted by molar-refractivity contribution is 7.47. The van der Waals surface area contributed by atoms with Crippen molar-refractivity contribution in [1.29, 1.82) is 0 Å². The minimum atomic E-state index is -4.75. The summed E-state index contributed by atoms with van der Waals surface area (Å²) in [5.41, 5.74) is 5.32. The molecule has 0 aliphatic rings. The molecule has 0 fully saturated rings. The molecule has 0 aromatic rings. The maximum absolute atomic E-state index is 12.6. The number of aliphatic carboxylic acids is 1. The van der Waals surface area contributed by atoms with Gasteiger partial charge < -0.3 is 30.3 Å². The predicted octanol–water partition coefficient (Wildman–Crippen LogP) is 9.92. The van der Waals surface area contributed by atoms with Crippen LogP contribution < -0.4 is 5.73 Å². The summed E-state index contributed by atoms with van der Waals surface area (Å²) in [4.78, 5) is 45.9. The minimum Gasteiger partial charge on any atom is -0.480 e. The van der Waals surface area contributed by atoms with Gasteiger partial charge in [0.2, 0.25) is 0 Å². The number of nitrogens with two attached hydrogens (primary N) is 1. The molecule has 5 N–H and O–H groups in total. The molecule has 1 unspecified atom stereocenters. The lowest BCUT2D eigenvalue weighted by Crippen LogP contribution is -2.34. The third-order valence-electron chi connectivity index (χ3n) is 8.51. The second-order valence-electron chi connectivity index (χ2n) is 14.0. The molecule has 57 heavy (non-hydrogen) atoms. The van der Waals surface area contributed by atoms with Crippen molar-refractivity contribution in [3.8, 4) is 0 Å². The van der Waals surface area contributed by atoms with Crippen LogP contribution in [-0.2, 0) is 37.5 Å². The number of allylic oxidation sites excluding steroid dienone is 10. The third-order valence-corrected chi connectivity index (χ3v) is 9.46. The number of hydrogen-bond acceptors (Lipinski definition) is 10. The van der Waals surface area contributed by atoms with E-state index < -0.39 is 63.8 Å². The number of unbranched alkanes of at least 4 members (excludes halogenated alkanes) is 12. The smallest absolute Gasteiger partial charge is 0.472 e. The monoisotopic (exact) mass is 823 g/mol. The molecule has 326 valence electrons. The molecule has 0 aromatic carbocycles. The van der Waals surface area contributed by atoms with Gasteiger partial charge in [-0.05, 0) is 77.0 Å². The van der Waals surface area contributed by atoms with Crippen LogP contribution in [0.4, 0.5) is 0 Å². The lowest BCUT2D eigenvalue weighted by Gasteiger charge is -2.20. The molecule has 12 nitrogen and oxygen atoms in total. The van der Waals surface area contributed by atoms with Crippen LogP contribution in [0.3, 0.4) is 0 Å². The molecule has 0 spiro atoms. The van der Waals surface area contributed by atoms with E-state index in [4.69, 9.17) is 24.8 Å². The van der Waals surface area contributed by atoms with Gasteiger partial charge >= 0.3 is 25.7 Å². The van der Waals surface area contributed by atoms with Gasteiger partial charge in [-0.3, -0.25) is 23.4 Å². The molecule has 0 aliphatic heterocycles. The third kappa shape index (κ3) is 38.2. The van der Waals surface area contributed by atoms with Gasteiger partial charge in [-0.1, -0.05) is 132 Å². The highest BCUT2D eigenvalue weighted by Crippen LogP contribution is 2.43. The fourth-order valence-electron chi connectivity index (χ4n) is 5.11. The van der Waals surface area contributed by atoms with Crippen LogP contribution in [-0.4, -0.2) is 71.1 Å². The fourth-order valence-corrected chi connectivity index (χ4v) is 5.89. The van der Waals surface area contributed by atoms with Crippen molar-refractivity contribution in [3.63, 3.8) is 0 Å². The SMILES string of the molecule is CCCCC/C=C\C/C=C\CCCCCCCC(=O)O[C@H](COC(=O)CCC/C=C\C/C=C\C=C\[C@H](O)C/C=C\CCCCC)COP(=O)(O)OC[C@H](N)C(=O)O. The zero-order valence-electron chi connectivity index (χ0n) is 34.8. The Hall–Kier alpha value is -3.12. The van der Waals surface area contributed by atoms with Crippen LogP contribution in [0.5, 0.6) is 0 Å². The van der Waals surface area contributed by atoms with Crippen molar-refractivity contribution >= 4 is 25.7 Å². The molecule has 0 aromatic heterocycles. The Kier molecular flexibility index (Phi) is 36.3. The standard InChI is InChI=1S/C44H74NO11P/c1-3-5-7-9-11-12-13-14-15-16-17-18-23-27-31-35-43(48)56-40(37-54-57(51,52)55-38-41(45)44(49)50)36-53-42(47)34-30-26-22-20-19-21-25-29-33-39(46)32-28-24-10-8-6-4-2/h11-12,14-15,20-22,24-25,28-29,33,39-41,46H,3-10,13,16-19,23,26-27,30-32,34-38,45H2,1-2H3,(H,49,50)(H,51,52)/b12-11-,15-14-,22-20-,25-21-,28-24-,33-29+/t39-,40-,41+/m1/s1. The molecule has 0 heterocycles. The molecule has 0 amide bonds. The molecule has 13 heteroatoms. The Morgan fingerprint density at radius 1 is 0.632 bits per heavy atom. The molecular weight excluding hydrogens is 749 g/mol. The molecule has 0 bridgehead atoms. The number of aliphatic hydroxyl groups is 1. The lowest BCUT2D eigenvalue weighted by molar-refractivity contribution is -0.161. The summed E-state index contributed by atoms with van der Waals surface area (Å²) in [5.74, 6) is -2.53. The second-order valence-corrected chi connectivity index (χ2v) is 15.4. The van der Waals surface area contributed by atoms with Gasteiger partial charge in [0.15, 0.2) is 6.10 Å². The number of aliphatic hydroxyl groups excluding tert-OH is 1. The minimum absolute atomic E-state index is 0.107. The molecule has 0 saturated carbocycles. The van der Waals surface area contributed by atoms with Crippen LogP contribution in [0.25, 0.3) is 0 Å². The van der Waals surface area contributed by atoms with Crippen molar-refractivity contribution in [2.45, 2.75) is 167 Å². The molecule has 0 rings (SSSR count). The van der Waals surface area contributed by atoms with E-state index in [0.29, 0.717) is 32.1 Å². The van der Waals surface area contributed by atoms with E-state index in [2.05, 4.69) is 48.8 Å². The van der Waals surface area contributed by atoms with Crippen LogP contribution in [0.1, 0.15) is 149 Å². The van der Waals surface area contributed by atoms with Crippen LogP contribution in [0.15, 0.2) is 72.9 Å². The summed E-state index contributed by atoms with van der Waals surface area (Å²) in [6.45, 7) is 2.57. The zero-order valence-corrected chi connectivity index (χ0v) is 35.7. The van der Waals surface area contributed by atoms with Gasteiger partial charge in [0, 0.05) is 12.8 Å². The van der Waals surface area contributed by atoms with E-state index in [0.717, 1.165) is 51.4 Å². The summed E-state index contributed by atoms with van der Waals surface area (Å²) in [6, 6.07) is -1.54. The first-order chi connectivity index (χ1) is 27.5. The lowest BCUT2D eigenvalue weighted by atomic mass is 10.1. The van der Waals surface area contributed by atoms with Crippen LogP contribution in [0.2, 0.25) is 0 Å². The highest BCUT2D eigenvalue weighted by Gasteiger charge is 2.28. The second kappa shape index (κ2) is 38.4. The van der Waals surface area contributed by atoms with Crippen molar-refractivity contribution in [2.75, 3.05) is 19.8 Å². The average Bonchev–Trinajstić information content (AvgIpc) is 3.18. The average molecular weight is 824 g/mol. The Morgan fingerprint density at radius 2 is 1.16 bits per heavy atom. The number of phosphoric ester groups is 1. The fraction of sp³-hybridized carbons (Fsp3) is 0.659. The quantitative estimate of drug-likeness (QED) is 0.0152. The van der Waals surface area contributed by atoms with Gasteiger partial charge in [0.1, 0.15) is 12.6 Å². The van der Waals surface area contributed by atoms with E-state index in [9.17, 15) is 28.9 Å². The Bertz CT molecular complexity index is 1260. The Labute approximate surface area is 343 Å². The van der Waals surface area contributed by atoms with Crippen LogP contribution >= 0.6 is 7.82 Å². The van der Waals surface area contributed by atoms with Gasteiger partial charge in [-0.25, -0.2) is 4.57 Å². The van der Waals surface area contributed by atoms with Gasteiger partial charge in [0.25, 0.3) is 0 Å². The first-order valence-corrected chi connectivity index (χ1v) is 22.6. The topological polar surface area (TPSA) is 192 Å². The number of carbonyl (C=O) groups is 3. The van der Waals surface area contributed by atoms with Crippen molar-refractivity contribution in [3.05, 3.63) is 72.9 Å². The Morgan fingerprint density at radius 3 is 1.79 bits per heavy atom. The van der Waals surface area contributed by atoms with Crippen molar-refractivity contribution < 1.29 is 52.6 Å². The first-order valence-electron chi connectivity index (χ1n) is 21.1. The number of hydrogen-bond donors (Lipinski definition) is 4. The van der Waals surface area contributed by atoms with Crippen LogP contribution in [0, 0.1) is 0 Å². The molecule has 4 atom stereocenters. The largest absolute Gasteiger partial charge is 0.480 e. The predicted molar refractivity (Wildman–Crippen MR) is 227 cm³/mol. The highest BCUT2D eigenvalue weighted by atomic mass is 31.2. The number of rotatable bonds is 38. The molecular formula is C44H74NO11P. The van der Waals surface area contributed by atoms with E-state index in [1.165, 1.54) is 38.5 Å². The summed E-state index contributed by atoms with van der Waals surface area (Å²) in [6.07, 6.45) is 41.4. The summed E-state index contributed by atoms with van der Waals surface area (Å²) >= 11 is 0. The molecule has 0 radical (unpaired) electrons. The zero-order chi connectivity index (χ0) is 42.2. The summed E-state index contributed by atoms with van der Waals surface area (Å²) in [7, 11) is -4.75. The normalized spacial score (nSPS) is 15.0. The number of carboxylic acids is 1. The van der Waals surface area contributed by atoms with Gasteiger partial charge in [-0.15, -0.1) is 0 Å². The number of ether oxygens (including phenoxy) is 2. The molecule has 0 saturated heterocycles. The van der Waals surface area contributed by atoms with Crippen molar-refractivity contribution in [1.82, 2.24) is 0 Å². The van der Waals surface area contributed by atoms with Crippen molar-refractivity contribution in [2.24, 2.45) is 5.73 Å². The number of carbonyl (C=O) groups excluding carboxylic acids is 2. The van der Waals surface area contributed by atoms with E-state index in [1.807, 2.05) is 36.5 Å². The number of carboxylic acid groups (broad SMARTS) is 1. The van der Waals surface area contributed by atoms with E-state index >= 15 is 0 Å². The maximum Gasteiger partial charge on any atom is 0.472 e. The Balaban J connectivity index is 4.58. The molecule has 0 aliphatic carbocycles. The number of phosphoric acid groups is 1. The van der Waals surface area contributed by atoms with E-state index in [-0.39, 0.29) is 12.8 Å².